The van der Waals surface area contributed by atoms with Crippen LogP contribution in [0.15, 0.2) is 18.2 Å². The van der Waals surface area contributed by atoms with Crippen molar-refractivity contribution in [1.29, 1.82) is 0 Å². The van der Waals surface area contributed by atoms with E-state index in [2.05, 4.69) is 29.5 Å². The molecular weight excluding hydrogens is 413 g/mol. The van der Waals surface area contributed by atoms with E-state index < -0.39 is 16.6 Å². The summed E-state index contributed by atoms with van der Waals surface area (Å²) in [6, 6.07) is 3.71. The molecule has 6 nitrogen and oxygen atoms in total. The molecular formula is C16H24INO5. The summed E-state index contributed by atoms with van der Waals surface area (Å²) in [5.41, 5.74) is -0.796. The van der Waals surface area contributed by atoms with E-state index in [-0.39, 0.29) is 5.56 Å². The second-order valence-electron chi connectivity index (χ2n) is 4.84. The number of nitrogens with zero attached hydrogens (tertiary/aromatic N) is 1. The van der Waals surface area contributed by atoms with Crippen molar-refractivity contribution in [3.8, 4) is 5.75 Å². The molecule has 23 heavy (non-hydrogen) atoms. The van der Waals surface area contributed by atoms with Gasteiger partial charge in [0.25, 0.3) is 5.69 Å². The van der Waals surface area contributed by atoms with Crippen LogP contribution < -0.4 is 4.74 Å². The van der Waals surface area contributed by atoms with Gasteiger partial charge in [0.1, 0.15) is 11.3 Å². The number of carboxylic acids is 1. The predicted octanol–water partition coefficient (Wildman–Crippen LogP) is 5.08. The molecule has 0 fully saturated rings. The van der Waals surface area contributed by atoms with Crippen LogP contribution in [0.5, 0.6) is 5.75 Å². The highest BCUT2D eigenvalue weighted by Crippen LogP contribution is 2.24. The number of halogens is 1. The van der Waals surface area contributed by atoms with Crippen molar-refractivity contribution in [1.82, 2.24) is 0 Å². The zero-order valence-electron chi connectivity index (χ0n) is 13.6. The summed E-state index contributed by atoms with van der Waals surface area (Å²) in [5, 5.41) is 19.4. The minimum atomic E-state index is -1.33. The van der Waals surface area contributed by atoms with Crippen molar-refractivity contribution in [2.75, 3.05) is 11.0 Å². The molecule has 1 aromatic rings. The number of carboxylic acid groups (broad SMARTS) is 1. The fourth-order valence-corrected chi connectivity index (χ4v) is 2.21. The van der Waals surface area contributed by atoms with E-state index in [1.807, 2.05) is 6.92 Å². The Morgan fingerprint density at radius 1 is 1.26 bits per heavy atom. The number of hydrogen-bond donors (Lipinski definition) is 1. The summed E-state index contributed by atoms with van der Waals surface area (Å²) >= 11 is 2.43. The zero-order valence-corrected chi connectivity index (χ0v) is 15.7. The molecule has 0 saturated heterocycles. The maximum Gasteiger partial charge on any atom is 0.342 e. The fraction of sp³-hybridized carbons (Fsp3) is 0.562. The first-order chi connectivity index (χ1) is 11.0. The van der Waals surface area contributed by atoms with Crippen LogP contribution in [-0.4, -0.2) is 27.0 Å². The van der Waals surface area contributed by atoms with E-state index in [0.29, 0.717) is 12.4 Å². The average molecular weight is 437 g/mol. The summed E-state index contributed by atoms with van der Waals surface area (Å²) in [4.78, 5) is 20.6. The summed E-state index contributed by atoms with van der Waals surface area (Å²) in [7, 11) is 0. The van der Waals surface area contributed by atoms with E-state index in [1.54, 1.807) is 0 Å². The summed E-state index contributed by atoms with van der Waals surface area (Å²) in [5.74, 6) is -1.02. The van der Waals surface area contributed by atoms with Crippen LogP contribution in [0.25, 0.3) is 0 Å². The molecule has 0 aliphatic carbocycles. The van der Waals surface area contributed by atoms with Gasteiger partial charge in [0.15, 0.2) is 0 Å². The summed E-state index contributed by atoms with van der Waals surface area (Å²) in [6.45, 7) is 4.58. The van der Waals surface area contributed by atoms with E-state index in [0.717, 1.165) is 12.5 Å². The monoisotopic (exact) mass is 437 g/mol. The molecule has 1 rings (SSSR count). The van der Waals surface area contributed by atoms with Crippen molar-refractivity contribution in [2.45, 2.75) is 46.0 Å². The molecule has 0 amide bonds. The molecule has 0 aromatic heterocycles. The molecule has 7 heteroatoms. The lowest BCUT2D eigenvalue weighted by atomic mass is 10.2. The molecule has 0 unspecified atom stereocenters. The van der Waals surface area contributed by atoms with Crippen molar-refractivity contribution < 1.29 is 19.6 Å². The number of nitro benzene ring substituents is 1. The lowest BCUT2D eigenvalue weighted by Gasteiger charge is -2.05. The molecule has 0 saturated carbocycles. The maximum atomic E-state index is 10.7. The SMILES string of the molecule is CCCCCCI.CCCOc1ccc(C(=O)O)c([N+](=O)[O-])c1. The van der Waals surface area contributed by atoms with Crippen LogP contribution >= 0.6 is 22.6 Å². The number of carbonyl (C=O) groups is 1. The minimum Gasteiger partial charge on any atom is -0.493 e. The molecule has 0 aliphatic heterocycles. The van der Waals surface area contributed by atoms with Crippen molar-refractivity contribution in [3.05, 3.63) is 33.9 Å². The first-order valence-corrected chi connectivity index (χ1v) is 9.20. The summed E-state index contributed by atoms with van der Waals surface area (Å²) in [6.07, 6.45) is 6.39. The smallest absolute Gasteiger partial charge is 0.342 e. The van der Waals surface area contributed by atoms with Gasteiger partial charge in [-0.2, -0.15) is 0 Å². The average Bonchev–Trinajstić information content (AvgIpc) is 2.53. The Bertz CT molecular complexity index is 489. The lowest BCUT2D eigenvalue weighted by molar-refractivity contribution is -0.385. The second kappa shape index (κ2) is 13.1. The lowest BCUT2D eigenvalue weighted by Crippen LogP contribution is -2.03. The van der Waals surface area contributed by atoms with Crippen LogP contribution in [0.1, 0.15) is 56.3 Å². The predicted molar refractivity (Wildman–Crippen MR) is 98.9 cm³/mol. The fourth-order valence-electron chi connectivity index (χ4n) is 1.67. The number of hydrogen-bond acceptors (Lipinski definition) is 4. The number of rotatable bonds is 9. The van der Waals surface area contributed by atoms with Gasteiger partial charge in [-0.1, -0.05) is 55.7 Å². The number of nitro groups is 1. The van der Waals surface area contributed by atoms with Gasteiger partial charge in [-0.15, -0.1) is 0 Å². The highest BCUT2D eigenvalue weighted by molar-refractivity contribution is 14.1. The third-order valence-corrected chi connectivity index (χ3v) is 3.62. The van der Waals surface area contributed by atoms with Crippen LogP contribution in [0.2, 0.25) is 0 Å². The van der Waals surface area contributed by atoms with Gasteiger partial charge in [-0.05, 0) is 29.4 Å². The number of unbranched alkanes of at least 4 members (excludes halogenated alkanes) is 3. The Kier molecular flexibility index (Phi) is 12.3. The maximum absolute atomic E-state index is 10.7. The van der Waals surface area contributed by atoms with Crippen LogP contribution in [0.4, 0.5) is 5.69 Å². The molecule has 0 aliphatic rings. The Balaban J connectivity index is 0.000000585. The molecule has 0 heterocycles. The van der Waals surface area contributed by atoms with E-state index in [9.17, 15) is 14.9 Å². The number of alkyl halides is 1. The van der Waals surface area contributed by atoms with Crippen molar-refractivity contribution >= 4 is 34.2 Å². The highest BCUT2D eigenvalue weighted by atomic mass is 127. The Labute approximate surface area is 150 Å². The van der Waals surface area contributed by atoms with Crippen LogP contribution in [-0.2, 0) is 0 Å². The molecule has 0 bridgehead atoms. The molecule has 1 aromatic carbocycles. The van der Waals surface area contributed by atoms with Gasteiger partial charge in [0, 0.05) is 0 Å². The second-order valence-corrected chi connectivity index (χ2v) is 5.92. The van der Waals surface area contributed by atoms with E-state index >= 15 is 0 Å². The molecule has 0 radical (unpaired) electrons. The van der Waals surface area contributed by atoms with Gasteiger partial charge < -0.3 is 9.84 Å². The Morgan fingerprint density at radius 3 is 2.43 bits per heavy atom. The van der Waals surface area contributed by atoms with Crippen LogP contribution in [0, 0.1) is 10.1 Å². The van der Waals surface area contributed by atoms with E-state index in [4.69, 9.17) is 9.84 Å². The number of benzene rings is 1. The standard InChI is InChI=1S/C10H11NO5.C6H13I/c1-2-5-16-7-3-4-8(10(12)13)9(6-7)11(14)15;1-2-3-4-5-6-7/h3-4,6H,2,5H2,1H3,(H,12,13);2-6H2,1H3. The third-order valence-electron chi connectivity index (χ3n) is 2.86. The Hall–Kier alpha value is -1.38. The molecule has 0 spiro atoms. The topological polar surface area (TPSA) is 89.7 Å². The molecule has 1 N–H and O–H groups in total. The van der Waals surface area contributed by atoms with Crippen molar-refractivity contribution in [3.63, 3.8) is 0 Å². The normalized spacial score (nSPS) is 9.70. The van der Waals surface area contributed by atoms with Gasteiger partial charge in [-0.25, -0.2) is 4.79 Å². The first kappa shape index (κ1) is 21.6. The molecule has 130 valence electrons. The number of ether oxygens (including phenoxy) is 1. The largest absolute Gasteiger partial charge is 0.493 e. The Morgan fingerprint density at radius 2 is 1.96 bits per heavy atom. The van der Waals surface area contributed by atoms with E-state index in [1.165, 1.54) is 42.2 Å². The summed E-state index contributed by atoms with van der Waals surface area (Å²) < 4.78 is 6.51. The van der Waals surface area contributed by atoms with Gasteiger partial charge >= 0.3 is 5.97 Å². The molecule has 0 atom stereocenters. The van der Waals surface area contributed by atoms with Crippen LogP contribution in [0.3, 0.4) is 0 Å². The van der Waals surface area contributed by atoms with Gasteiger partial charge in [0.05, 0.1) is 17.6 Å². The first-order valence-electron chi connectivity index (χ1n) is 7.68. The minimum absolute atomic E-state index is 0.304. The third kappa shape index (κ3) is 9.37. The number of aromatic carboxylic acids is 1. The zero-order chi connectivity index (χ0) is 17.7. The van der Waals surface area contributed by atoms with Gasteiger partial charge in [-0.3, -0.25) is 10.1 Å². The van der Waals surface area contributed by atoms with Gasteiger partial charge in [0.2, 0.25) is 0 Å². The quantitative estimate of drug-likeness (QED) is 0.191. The van der Waals surface area contributed by atoms with Crippen molar-refractivity contribution in [2.24, 2.45) is 0 Å². The highest BCUT2D eigenvalue weighted by Gasteiger charge is 2.20.